The van der Waals surface area contributed by atoms with Crippen LogP contribution >= 0.6 is 0 Å². The number of methoxy groups -OCH3 is 1. The maximum Gasteiger partial charge on any atom is 0.225 e. The van der Waals surface area contributed by atoms with Gasteiger partial charge in [0.1, 0.15) is 11.6 Å². The number of nitrogens with zero attached hydrogens (tertiary/aromatic N) is 1. The molecule has 1 aromatic heterocycles. The largest absolute Gasteiger partial charge is 0.495 e. The molecule has 0 bridgehead atoms. The van der Waals surface area contributed by atoms with Crippen LogP contribution in [0.5, 0.6) is 5.75 Å². The highest BCUT2D eigenvalue weighted by molar-refractivity contribution is 5.89. The molecule has 15 heavy (non-hydrogen) atoms. The summed E-state index contributed by atoms with van der Waals surface area (Å²) in [6.45, 7) is 4.00. The Hall–Kier alpha value is -1.58. The Morgan fingerprint density at radius 2 is 2.27 bits per heavy atom. The minimum atomic E-state index is -0.0114. The molecule has 0 saturated carbocycles. The second-order valence-electron chi connectivity index (χ2n) is 3.73. The van der Waals surface area contributed by atoms with Gasteiger partial charge in [0, 0.05) is 6.42 Å². The zero-order chi connectivity index (χ0) is 11.3. The molecule has 1 heterocycles. The van der Waals surface area contributed by atoms with Gasteiger partial charge in [-0.1, -0.05) is 13.8 Å². The third-order valence-electron chi connectivity index (χ3n) is 1.83. The van der Waals surface area contributed by atoms with Crippen molar-refractivity contribution in [1.29, 1.82) is 0 Å². The number of carbonyl (C=O) groups excluding carboxylic acids is 1. The molecule has 1 amide bonds. The van der Waals surface area contributed by atoms with Crippen LogP contribution in [0, 0.1) is 5.92 Å². The molecule has 1 aromatic rings. The lowest BCUT2D eigenvalue weighted by molar-refractivity contribution is -0.116. The Morgan fingerprint density at radius 1 is 1.53 bits per heavy atom. The summed E-state index contributed by atoms with van der Waals surface area (Å²) in [7, 11) is 1.58. The molecule has 0 aliphatic carbocycles. The van der Waals surface area contributed by atoms with E-state index in [0.29, 0.717) is 23.9 Å². The number of amides is 1. The van der Waals surface area contributed by atoms with Crippen molar-refractivity contribution in [3.05, 3.63) is 18.3 Å². The first-order valence-corrected chi connectivity index (χ1v) is 4.91. The van der Waals surface area contributed by atoms with Gasteiger partial charge in [-0.15, -0.1) is 0 Å². The fraction of sp³-hybridized carbons (Fsp3) is 0.455. The average molecular weight is 208 g/mol. The fourth-order valence-corrected chi connectivity index (χ4v) is 1.14. The third kappa shape index (κ3) is 3.97. The summed E-state index contributed by atoms with van der Waals surface area (Å²) in [5, 5.41) is 2.72. The van der Waals surface area contributed by atoms with Gasteiger partial charge in [-0.25, -0.2) is 4.98 Å². The Labute approximate surface area is 89.7 Å². The van der Waals surface area contributed by atoms with Gasteiger partial charge in [0.2, 0.25) is 5.91 Å². The smallest absolute Gasteiger partial charge is 0.225 e. The summed E-state index contributed by atoms with van der Waals surface area (Å²) in [5.74, 6) is 1.57. The quantitative estimate of drug-likeness (QED) is 0.824. The highest BCUT2D eigenvalue weighted by Crippen LogP contribution is 2.11. The van der Waals surface area contributed by atoms with E-state index in [2.05, 4.69) is 10.3 Å². The van der Waals surface area contributed by atoms with Crippen LogP contribution in [0.1, 0.15) is 20.3 Å². The van der Waals surface area contributed by atoms with Crippen LogP contribution in [0.2, 0.25) is 0 Å². The summed E-state index contributed by atoms with van der Waals surface area (Å²) in [5.41, 5.74) is 0. The maximum atomic E-state index is 11.4. The first-order valence-electron chi connectivity index (χ1n) is 4.91. The molecule has 4 heteroatoms. The first-order chi connectivity index (χ1) is 7.11. The van der Waals surface area contributed by atoms with Gasteiger partial charge in [0.05, 0.1) is 13.3 Å². The standard InChI is InChI=1S/C11H16N2O2/c1-8(2)6-11(14)13-10-5-4-9(15-3)7-12-10/h4-5,7-8H,6H2,1-3H3,(H,12,13,14). The van der Waals surface area contributed by atoms with Crippen molar-refractivity contribution in [2.24, 2.45) is 5.92 Å². The SMILES string of the molecule is COc1ccc(NC(=O)CC(C)C)nc1. The van der Waals surface area contributed by atoms with E-state index in [-0.39, 0.29) is 5.91 Å². The van der Waals surface area contributed by atoms with Crippen molar-refractivity contribution in [3.63, 3.8) is 0 Å². The van der Waals surface area contributed by atoms with Gasteiger partial charge in [-0.2, -0.15) is 0 Å². The van der Waals surface area contributed by atoms with Gasteiger partial charge in [-0.05, 0) is 18.1 Å². The molecule has 1 rings (SSSR count). The highest BCUT2D eigenvalue weighted by Gasteiger charge is 2.05. The molecule has 4 nitrogen and oxygen atoms in total. The number of pyridine rings is 1. The Kier molecular flexibility index (Phi) is 4.09. The molecule has 0 saturated heterocycles. The lowest BCUT2D eigenvalue weighted by Crippen LogP contribution is -2.14. The molecular weight excluding hydrogens is 192 g/mol. The maximum absolute atomic E-state index is 11.4. The number of hydrogen-bond donors (Lipinski definition) is 1. The van der Waals surface area contributed by atoms with Crippen molar-refractivity contribution < 1.29 is 9.53 Å². The number of nitrogens with one attached hydrogen (secondary N) is 1. The number of carbonyl (C=O) groups is 1. The van der Waals surface area contributed by atoms with Gasteiger partial charge < -0.3 is 10.1 Å². The summed E-state index contributed by atoms with van der Waals surface area (Å²) in [6.07, 6.45) is 2.08. The molecule has 0 unspecified atom stereocenters. The van der Waals surface area contributed by atoms with E-state index in [1.54, 1.807) is 25.4 Å². The minimum Gasteiger partial charge on any atom is -0.495 e. The topological polar surface area (TPSA) is 51.2 Å². The average Bonchev–Trinajstić information content (AvgIpc) is 2.17. The molecule has 1 N–H and O–H groups in total. The predicted octanol–water partition coefficient (Wildman–Crippen LogP) is 2.07. The molecule has 0 atom stereocenters. The molecule has 0 aromatic carbocycles. The second kappa shape index (κ2) is 5.34. The molecule has 0 aliphatic rings. The van der Waals surface area contributed by atoms with Gasteiger partial charge in [0.15, 0.2) is 0 Å². The van der Waals surface area contributed by atoms with E-state index in [0.717, 1.165) is 0 Å². The summed E-state index contributed by atoms with van der Waals surface area (Å²) < 4.78 is 4.96. The van der Waals surface area contributed by atoms with Gasteiger partial charge in [-0.3, -0.25) is 4.79 Å². The first kappa shape index (κ1) is 11.5. The zero-order valence-electron chi connectivity index (χ0n) is 9.28. The van der Waals surface area contributed by atoms with E-state index in [9.17, 15) is 4.79 Å². The molecule has 0 radical (unpaired) electrons. The molecule has 82 valence electrons. The Bertz CT molecular complexity index is 320. The number of rotatable bonds is 4. The third-order valence-corrected chi connectivity index (χ3v) is 1.83. The number of anilines is 1. The van der Waals surface area contributed by atoms with E-state index in [1.807, 2.05) is 13.8 Å². The lowest BCUT2D eigenvalue weighted by atomic mass is 10.1. The summed E-state index contributed by atoms with van der Waals surface area (Å²) in [6, 6.07) is 3.48. The zero-order valence-corrected chi connectivity index (χ0v) is 9.28. The van der Waals surface area contributed by atoms with Crippen LogP contribution in [0.15, 0.2) is 18.3 Å². The van der Waals surface area contributed by atoms with Crippen molar-refractivity contribution in [1.82, 2.24) is 4.98 Å². The van der Waals surface area contributed by atoms with Crippen molar-refractivity contribution in [2.75, 3.05) is 12.4 Å². The monoisotopic (exact) mass is 208 g/mol. The van der Waals surface area contributed by atoms with Crippen LogP contribution in [-0.2, 0) is 4.79 Å². The van der Waals surface area contributed by atoms with Gasteiger partial charge in [0.25, 0.3) is 0 Å². The second-order valence-corrected chi connectivity index (χ2v) is 3.73. The normalized spacial score (nSPS) is 10.1. The van der Waals surface area contributed by atoms with Crippen LogP contribution in [-0.4, -0.2) is 18.0 Å². The van der Waals surface area contributed by atoms with E-state index >= 15 is 0 Å². The highest BCUT2D eigenvalue weighted by atomic mass is 16.5. The fourth-order valence-electron chi connectivity index (χ4n) is 1.14. The van der Waals surface area contributed by atoms with Crippen LogP contribution in [0.4, 0.5) is 5.82 Å². The molecular formula is C11H16N2O2. The molecule has 0 aliphatic heterocycles. The number of ether oxygens (including phenoxy) is 1. The van der Waals surface area contributed by atoms with Crippen molar-refractivity contribution in [3.8, 4) is 5.75 Å². The van der Waals surface area contributed by atoms with E-state index in [1.165, 1.54) is 0 Å². The predicted molar refractivity (Wildman–Crippen MR) is 58.9 cm³/mol. The van der Waals surface area contributed by atoms with E-state index in [4.69, 9.17) is 4.74 Å². The summed E-state index contributed by atoms with van der Waals surface area (Å²) >= 11 is 0. The van der Waals surface area contributed by atoms with E-state index < -0.39 is 0 Å². The van der Waals surface area contributed by atoms with Crippen LogP contribution < -0.4 is 10.1 Å². The number of aromatic nitrogens is 1. The van der Waals surface area contributed by atoms with Crippen molar-refractivity contribution in [2.45, 2.75) is 20.3 Å². The van der Waals surface area contributed by atoms with Gasteiger partial charge >= 0.3 is 0 Å². The Morgan fingerprint density at radius 3 is 2.73 bits per heavy atom. The van der Waals surface area contributed by atoms with Crippen LogP contribution in [0.25, 0.3) is 0 Å². The molecule has 0 spiro atoms. The number of hydrogen-bond acceptors (Lipinski definition) is 3. The minimum absolute atomic E-state index is 0.0114. The molecule has 0 fully saturated rings. The Balaban J connectivity index is 2.53. The van der Waals surface area contributed by atoms with Crippen molar-refractivity contribution >= 4 is 11.7 Å². The summed E-state index contributed by atoms with van der Waals surface area (Å²) in [4.78, 5) is 15.4. The van der Waals surface area contributed by atoms with Crippen LogP contribution in [0.3, 0.4) is 0 Å². The lowest BCUT2D eigenvalue weighted by Gasteiger charge is -2.06.